The Balaban J connectivity index is 4.28. The molecule has 0 aliphatic carbocycles. The van der Waals surface area contributed by atoms with Crippen LogP contribution in [0.5, 0.6) is 0 Å². The SMILES string of the molecule is CCCCC/C=C\C/C=C\C/C=C\CCCCCCCCC(=O)OC(COC(=O)CCCCCCC/C=C\C/C=C\CCCCC)COC(=O)CCCCCCCCCCCCCCCCCCCCCCCCCCCCC. The minimum absolute atomic E-state index is 0.0810. The zero-order valence-corrected chi connectivity index (χ0v) is 52.9. The molecule has 0 aliphatic rings. The highest BCUT2D eigenvalue weighted by molar-refractivity contribution is 5.71. The van der Waals surface area contributed by atoms with Crippen molar-refractivity contribution in [1.29, 1.82) is 0 Å². The topological polar surface area (TPSA) is 78.9 Å². The maximum atomic E-state index is 12.9. The van der Waals surface area contributed by atoms with E-state index in [0.29, 0.717) is 19.3 Å². The highest BCUT2D eigenvalue weighted by Gasteiger charge is 2.19. The molecule has 0 aliphatic heterocycles. The maximum Gasteiger partial charge on any atom is 0.306 e. The molecular weight excluding hydrogens is 973 g/mol. The molecule has 0 saturated heterocycles. The zero-order chi connectivity index (χ0) is 57.1. The van der Waals surface area contributed by atoms with Crippen molar-refractivity contribution in [2.75, 3.05) is 13.2 Å². The lowest BCUT2D eigenvalue weighted by molar-refractivity contribution is -0.167. The highest BCUT2D eigenvalue weighted by atomic mass is 16.6. The van der Waals surface area contributed by atoms with E-state index in [4.69, 9.17) is 14.2 Å². The number of ether oxygens (including phenoxy) is 3. The van der Waals surface area contributed by atoms with Gasteiger partial charge in [0.2, 0.25) is 0 Å². The van der Waals surface area contributed by atoms with Gasteiger partial charge in [0.05, 0.1) is 0 Å². The van der Waals surface area contributed by atoms with Crippen molar-refractivity contribution in [2.45, 2.75) is 374 Å². The van der Waals surface area contributed by atoms with Gasteiger partial charge in [-0.3, -0.25) is 14.4 Å². The molecule has 0 radical (unpaired) electrons. The number of allylic oxidation sites excluding steroid dienone is 10. The summed E-state index contributed by atoms with van der Waals surface area (Å²) in [4.78, 5) is 38.4. The molecule has 0 fully saturated rings. The standard InChI is InChI=1S/C73H132O6/c1-4-7-10-13-16-19-22-25-28-30-32-33-34-35-36-37-38-39-41-42-45-48-51-54-57-60-63-66-72(75)78-69-70(68-77-71(74)65-62-59-56-53-50-47-44-27-24-21-18-15-12-9-6-3)79-73(76)67-64-61-58-55-52-49-46-43-40-31-29-26-23-20-17-14-11-8-5-2/h17-18,20-21,26-27,29,40,43-44,70H,4-16,19,22-25,28,30-39,41-42,45-69H2,1-3H3/b20-17-,21-18-,29-26-,43-40-,44-27-. The third-order valence-corrected chi connectivity index (χ3v) is 15.5. The van der Waals surface area contributed by atoms with E-state index >= 15 is 0 Å². The summed E-state index contributed by atoms with van der Waals surface area (Å²) in [5, 5.41) is 0. The first-order chi connectivity index (χ1) is 39.0. The van der Waals surface area contributed by atoms with Gasteiger partial charge in [-0.1, -0.05) is 319 Å². The fourth-order valence-corrected chi connectivity index (χ4v) is 10.2. The van der Waals surface area contributed by atoms with Crippen LogP contribution in [-0.4, -0.2) is 37.2 Å². The molecule has 0 aromatic rings. The Kier molecular flexibility index (Phi) is 65.1. The summed E-state index contributed by atoms with van der Waals surface area (Å²) in [5.74, 6) is -0.887. The molecule has 6 nitrogen and oxygen atoms in total. The van der Waals surface area contributed by atoms with Gasteiger partial charge in [-0.2, -0.15) is 0 Å². The monoisotopic (exact) mass is 1110 g/mol. The average Bonchev–Trinajstić information content (AvgIpc) is 3.45. The molecule has 0 aromatic heterocycles. The van der Waals surface area contributed by atoms with Gasteiger partial charge in [-0.25, -0.2) is 0 Å². The molecule has 0 spiro atoms. The maximum absolute atomic E-state index is 12.9. The Bertz CT molecular complexity index is 1410. The lowest BCUT2D eigenvalue weighted by Gasteiger charge is -2.18. The van der Waals surface area contributed by atoms with Crippen molar-refractivity contribution >= 4 is 17.9 Å². The Morgan fingerprint density at radius 1 is 0.253 bits per heavy atom. The summed E-state index contributed by atoms with van der Waals surface area (Å²) >= 11 is 0. The minimum Gasteiger partial charge on any atom is -0.462 e. The van der Waals surface area contributed by atoms with Gasteiger partial charge in [-0.15, -0.1) is 0 Å². The second-order valence-corrected chi connectivity index (χ2v) is 23.4. The van der Waals surface area contributed by atoms with Crippen molar-refractivity contribution in [1.82, 2.24) is 0 Å². The van der Waals surface area contributed by atoms with Crippen LogP contribution < -0.4 is 0 Å². The zero-order valence-electron chi connectivity index (χ0n) is 52.9. The summed E-state index contributed by atoms with van der Waals surface area (Å²) in [6, 6.07) is 0. The van der Waals surface area contributed by atoms with Crippen LogP contribution in [-0.2, 0) is 28.6 Å². The van der Waals surface area contributed by atoms with Gasteiger partial charge in [0.1, 0.15) is 13.2 Å². The van der Waals surface area contributed by atoms with Gasteiger partial charge in [0.15, 0.2) is 6.10 Å². The summed E-state index contributed by atoms with van der Waals surface area (Å²) in [6.45, 7) is 6.62. The first kappa shape index (κ1) is 76.1. The molecule has 0 heterocycles. The van der Waals surface area contributed by atoms with Crippen LogP contribution in [0.4, 0.5) is 0 Å². The lowest BCUT2D eigenvalue weighted by atomic mass is 10.0. The van der Waals surface area contributed by atoms with Crippen molar-refractivity contribution in [3.05, 3.63) is 60.8 Å². The molecular formula is C73H132O6. The number of hydrogen-bond acceptors (Lipinski definition) is 6. The van der Waals surface area contributed by atoms with Crippen LogP contribution in [0.2, 0.25) is 0 Å². The van der Waals surface area contributed by atoms with E-state index in [1.54, 1.807) is 0 Å². The van der Waals surface area contributed by atoms with Gasteiger partial charge in [0.25, 0.3) is 0 Å². The van der Waals surface area contributed by atoms with Crippen molar-refractivity contribution in [2.24, 2.45) is 0 Å². The van der Waals surface area contributed by atoms with E-state index in [1.165, 1.54) is 225 Å². The predicted molar refractivity (Wildman–Crippen MR) is 344 cm³/mol. The molecule has 0 rings (SSSR count). The molecule has 0 aromatic carbocycles. The Morgan fingerprint density at radius 3 is 0.734 bits per heavy atom. The second-order valence-electron chi connectivity index (χ2n) is 23.4. The number of carbonyl (C=O) groups excluding carboxylic acids is 3. The van der Waals surface area contributed by atoms with Gasteiger partial charge < -0.3 is 14.2 Å². The fourth-order valence-electron chi connectivity index (χ4n) is 10.2. The van der Waals surface area contributed by atoms with E-state index in [1.807, 2.05) is 0 Å². The molecule has 0 N–H and O–H groups in total. The third-order valence-electron chi connectivity index (χ3n) is 15.5. The smallest absolute Gasteiger partial charge is 0.306 e. The number of esters is 3. The van der Waals surface area contributed by atoms with Crippen LogP contribution in [0, 0.1) is 0 Å². The normalized spacial score (nSPS) is 12.4. The molecule has 0 bridgehead atoms. The van der Waals surface area contributed by atoms with Crippen LogP contribution in [0.3, 0.4) is 0 Å². The predicted octanol–water partition coefficient (Wildman–Crippen LogP) is 23.9. The summed E-state index contributed by atoms with van der Waals surface area (Å²) < 4.78 is 17.0. The number of hydrogen-bond donors (Lipinski definition) is 0. The first-order valence-electron chi connectivity index (χ1n) is 34.8. The second kappa shape index (κ2) is 67.6. The number of unbranched alkanes of at least 4 members (excludes halogenated alkanes) is 43. The summed E-state index contributed by atoms with van der Waals surface area (Å²) in [6.07, 6.45) is 86.7. The molecule has 1 unspecified atom stereocenters. The van der Waals surface area contributed by atoms with Crippen LogP contribution >= 0.6 is 0 Å². The van der Waals surface area contributed by atoms with Crippen molar-refractivity contribution < 1.29 is 28.6 Å². The Hall–Kier alpha value is -2.89. The Morgan fingerprint density at radius 2 is 0.456 bits per heavy atom. The Labute approximate surface area is 491 Å². The first-order valence-corrected chi connectivity index (χ1v) is 34.8. The minimum atomic E-state index is -0.788. The number of rotatable bonds is 64. The summed E-state index contributed by atoms with van der Waals surface area (Å²) in [7, 11) is 0. The average molecular weight is 1110 g/mol. The largest absolute Gasteiger partial charge is 0.462 e. The van der Waals surface area contributed by atoms with E-state index in [0.717, 1.165) is 103 Å². The molecule has 0 saturated carbocycles. The highest BCUT2D eigenvalue weighted by Crippen LogP contribution is 2.18. The molecule has 6 heteroatoms. The molecule has 1 atom stereocenters. The van der Waals surface area contributed by atoms with Crippen LogP contribution in [0.15, 0.2) is 60.8 Å². The number of carbonyl (C=O) groups is 3. The fraction of sp³-hybridized carbons (Fsp3) is 0.822. The molecule has 0 amide bonds. The molecule has 79 heavy (non-hydrogen) atoms. The quantitative estimate of drug-likeness (QED) is 0.0261. The van der Waals surface area contributed by atoms with E-state index in [2.05, 4.69) is 81.5 Å². The van der Waals surface area contributed by atoms with E-state index in [9.17, 15) is 14.4 Å². The summed E-state index contributed by atoms with van der Waals surface area (Å²) in [5.41, 5.74) is 0. The van der Waals surface area contributed by atoms with Crippen molar-refractivity contribution in [3.8, 4) is 0 Å². The third kappa shape index (κ3) is 65.8. The van der Waals surface area contributed by atoms with Gasteiger partial charge >= 0.3 is 17.9 Å². The van der Waals surface area contributed by atoms with Crippen molar-refractivity contribution in [3.63, 3.8) is 0 Å². The molecule has 460 valence electrons. The lowest BCUT2D eigenvalue weighted by Crippen LogP contribution is -2.30. The van der Waals surface area contributed by atoms with E-state index in [-0.39, 0.29) is 31.1 Å². The van der Waals surface area contributed by atoms with Crippen LogP contribution in [0.1, 0.15) is 367 Å². The van der Waals surface area contributed by atoms with E-state index < -0.39 is 6.10 Å². The van der Waals surface area contributed by atoms with Gasteiger partial charge in [0, 0.05) is 19.3 Å². The van der Waals surface area contributed by atoms with Crippen LogP contribution in [0.25, 0.3) is 0 Å². The van der Waals surface area contributed by atoms with Gasteiger partial charge in [-0.05, 0) is 89.9 Å².